The van der Waals surface area contributed by atoms with Gasteiger partial charge in [-0.15, -0.1) is 5.10 Å². The molecule has 0 radical (unpaired) electrons. The number of hydrogen-bond acceptors (Lipinski definition) is 5. The maximum Gasteiger partial charge on any atom is 0.275 e. The average molecular weight is 287 g/mol. The SMILES string of the molecule is COc1ccc2ccccc2c1/C=N\N=C(N)N[N+](=O)[O-]. The molecule has 8 nitrogen and oxygen atoms in total. The number of guanidine groups is 1. The minimum Gasteiger partial charge on any atom is -0.496 e. The lowest BCUT2D eigenvalue weighted by Crippen LogP contribution is -2.35. The molecule has 0 aliphatic carbocycles. The van der Waals surface area contributed by atoms with E-state index >= 15 is 0 Å². The zero-order chi connectivity index (χ0) is 15.2. The van der Waals surface area contributed by atoms with Crippen molar-refractivity contribution < 1.29 is 9.77 Å². The number of fused-ring (bicyclic) bond motifs is 1. The van der Waals surface area contributed by atoms with E-state index in [9.17, 15) is 10.1 Å². The lowest BCUT2D eigenvalue weighted by atomic mass is 10.0. The van der Waals surface area contributed by atoms with Crippen molar-refractivity contribution in [3.8, 4) is 5.75 Å². The smallest absolute Gasteiger partial charge is 0.275 e. The molecule has 2 aromatic rings. The molecule has 0 heterocycles. The number of nitrogens with one attached hydrogen (secondary N) is 1. The molecule has 0 aromatic heterocycles. The molecule has 108 valence electrons. The van der Waals surface area contributed by atoms with Gasteiger partial charge in [-0.25, -0.2) is 10.1 Å². The maximum absolute atomic E-state index is 10.2. The van der Waals surface area contributed by atoms with Crippen molar-refractivity contribution in [3.05, 3.63) is 52.1 Å². The second-order valence-corrected chi connectivity index (χ2v) is 4.00. The van der Waals surface area contributed by atoms with Crippen molar-refractivity contribution >= 4 is 22.9 Å². The number of ether oxygens (including phenoxy) is 1. The van der Waals surface area contributed by atoms with Crippen LogP contribution in [0.1, 0.15) is 5.56 Å². The fraction of sp³-hybridized carbons (Fsp3) is 0.0769. The van der Waals surface area contributed by atoms with Crippen LogP contribution in [0.3, 0.4) is 0 Å². The Morgan fingerprint density at radius 2 is 2.14 bits per heavy atom. The highest BCUT2D eigenvalue weighted by atomic mass is 16.7. The summed E-state index contributed by atoms with van der Waals surface area (Å²) >= 11 is 0. The monoisotopic (exact) mass is 287 g/mol. The van der Waals surface area contributed by atoms with Gasteiger partial charge in [-0.1, -0.05) is 35.8 Å². The van der Waals surface area contributed by atoms with Crippen LogP contribution in [0.2, 0.25) is 0 Å². The Morgan fingerprint density at radius 1 is 1.38 bits per heavy atom. The number of benzene rings is 2. The van der Waals surface area contributed by atoms with Gasteiger partial charge in [0.25, 0.3) is 5.96 Å². The van der Waals surface area contributed by atoms with Crippen LogP contribution >= 0.6 is 0 Å². The molecule has 0 bridgehead atoms. The Balaban J connectivity index is 2.38. The number of rotatable bonds is 4. The topological polar surface area (TPSA) is 115 Å². The largest absolute Gasteiger partial charge is 0.496 e. The summed E-state index contributed by atoms with van der Waals surface area (Å²) in [5.74, 6) is 0.212. The molecule has 0 unspecified atom stereocenters. The van der Waals surface area contributed by atoms with Crippen LogP contribution < -0.4 is 15.9 Å². The maximum atomic E-state index is 10.2. The van der Waals surface area contributed by atoms with Crippen LogP contribution in [0.5, 0.6) is 5.75 Å². The lowest BCUT2D eigenvalue weighted by molar-refractivity contribution is -0.525. The van der Waals surface area contributed by atoms with Crippen molar-refractivity contribution in [1.82, 2.24) is 5.43 Å². The van der Waals surface area contributed by atoms with E-state index in [1.54, 1.807) is 12.5 Å². The molecule has 0 amide bonds. The van der Waals surface area contributed by atoms with Crippen LogP contribution in [0.15, 0.2) is 46.6 Å². The van der Waals surface area contributed by atoms with E-state index < -0.39 is 11.0 Å². The first kappa shape index (κ1) is 14.3. The van der Waals surface area contributed by atoms with Gasteiger partial charge in [0.2, 0.25) is 0 Å². The van der Waals surface area contributed by atoms with E-state index in [4.69, 9.17) is 10.5 Å². The molecule has 0 saturated carbocycles. The molecular weight excluding hydrogens is 274 g/mol. The van der Waals surface area contributed by atoms with Gasteiger partial charge < -0.3 is 10.5 Å². The zero-order valence-electron chi connectivity index (χ0n) is 11.2. The summed E-state index contributed by atoms with van der Waals surface area (Å²) in [5.41, 5.74) is 7.69. The van der Waals surface area contributed by atoms with Crippen LogP contribution in [0, 0.1) is 10.1 Å². The molecule has 0 atom stereocenters. The van der Waals surface area contributed by atoms with E-state index in [-0.39, 0.29) is 0 Å². The Hall–Kier alpha value is -3.16. The van der Waals surface area contributed by atoms with Crippen molar-refractivity contribution in [1.29, 1.82) is 0 Å². The third-order valence-electron chi connectivity index (χ3n) is 2.71. The summed E-state index contributed by atoms with van der Waals surface area (Å²) in [6.45, 7) is 0. The summed E-state index contributed by atoms with van der Waals surface area (Å²) in [6, 6.07) is 11.4. The van der Waals surface area contributed by atoms with Gasteiger partial charge in [0.05, 0.1) is 13.3 Å². The first-order valence-corrected chi connectivity index (χ1v) is 5.95. The number of nitrogens with zero attached hydrogens (tertiary/aromatic N) is 3. The predicted molar refractivity (Wildman–Crippen MR) is 79.8 cm³/mol. The Morgan fingerprint density at radius 3 is 2.86 bits per heavy atom. The highest BCUT2D eigenvalue weighted by molar-refractivity contribution is 6.02. The predicted octanol–water partition coefficient (Wildman–Crippen LogP) is 1.28. The molecule has 0 aliphatic rings. The first-order valence-electron chi connectivity index (χ1n) is 5.95. The molecule has 0 saturated heterocycles. The van der Waals surface area contributed by atoms with Gasteiger partial charge in [-0.2, -0.15) is 5.10 Å². The zero-order valence-corrected chi connectivity index (χ0v) is 11.2. The van der Waals surface area contributed by atoms with Crippen LogP contribution in [-0.2, 0) is 0 Å². The van der Waals surface area contributed by atoms with E-state index in [1.807, 2.05) is 36.4 Å². The van der Waals surface area contributed by atoms with Crippen molar-refractivity contribution in [2.75, 3.05) is 7.11 Å². The third-order valence-corrected chi connectivity index (χ3v) is 2.71. The number of methoxy groups -OCH3 is 1. The normalized spacial score (nSPS) is 11.8. The summed E-state index contributed by atoms with van der Waals surface area (Å²) in [6.07, 6.45) is 1.44. The van der Waals surface area contributed by atoms with E-state index in [0.717, 1.165) is 10.8 Å². The molecule has 2 aromatic carbocycles. The number of nitrogens with two attached hydrogens (primary N) is 1. The second-order valence-electron chi connectivity index (χ2n) is 4.00. The second kappa shape index (κ2) is 6.33. The number of hydrazine groups is 1. The van der Waals surface area contributed by atoms with Crippen LogP contribution in [0.4, 0.5) is 0 Å². The summed E-state index contributed by atoms with van der Waals surface area (Å²) < 4.78 is 5.28. The van der Waals surface area contributed by atoms with Gasteiger partial charge in [0.1, 0.15) is 5.75 Å². The molecule has 0 fully saturated rings. The lowest BCUT2D eigenvalue weighted by Gasteiger charge is -2.07. The van der Waals surface area contributed by atoms with Crippen LogP contribution in [0.25, 0.3) is 10.8 Å². The Kier molecular flexibility index (Phi) is 4.30. The van der Waals surface area contributed by atoms with E-state index in [1.165, 1.54) is 6.21 Å². The van der Waals surface area contributed by atoms with Gasteiger partial charge in [0, 0.05) is 5.56 Å². The van der Waals surface area contributed by atoms with Gasteiger partial charge in [-0.05, 0) is 16.8 Å². The van der Waals surface area contributed by atoms with Gasteiger partial charge >= 0.3 is 0 Å². The average Bonchev–Trinajstić information content (AvgIpc) is 2.46. The molecule has 0 spiro atoms. The highest BCUT2D eigenvalue weighted by Crippen LogP contribution is 2.26. The quantitative estimate of drug-likeness (QED) is 0.380. The standard InChI is InChI=1S/C13H13N5O3/c1-21-12-7-6-9-4-2-3-5-10(9)11(12)8-15-16-13(14)17-18(19)20/h2-8H,1H3,(H3,14,16,17)/b15-8-. The molecule has 2 rings (SSSR count). The molecule has 3 N–H and O–H groups in total. The fourth-order valence-electron chi connectivity index (χ4n) is 1.85. The molecule has 0 aliphatic heterocycles. The Bertz CT molecular complexity index is 727. The van der Waals surface area contributed by atoms with Crippen molar-refractivity contribution in [3.63, 3.8) is 0 Å². The minimum absolute atomic E-state index is 0.407. The highest BCUT2D eigenvalue weighted by Gasteiger charge is 2.05. The first-order chi connectivity index (χ1) is 10.1. The fourth-order valence-corrected chi connectivity index (χ4v) is 1.85. The summed E-state index contributed by atoms with van der Waals surface area (Å²) in [5, 5.41) is 18.6. The van der Waals surface area contributed by atoms with E-state index in [2.05, 4.69) is 10.2 Å². The minimum atomic E-state index is -0.813. The van der Waals surface area contributed by atoms with Crippen LogP contribution in [-0.4, -0.2) is 24.3 Å². The van der Waals surface area contributed by atoms with E-state index in [0.29, 0.717) is 11.3 Å². The summed E-state index contributed by atoms with van der Waals surface area (Å²) in [7, 11) is 1.55. The van der Waals surface area contributed by atoms with Crippen molar-refractivity contribution in [2.24, 2.45) is 15.9 Å². The number of nitro groups is 1. The third kappa shape index (κ3) is 3.44. The molecular formula is C13H13N5O3. The molecule has 8 heteroatoms. The Labute approximate surface area is 120 Å². The van der Waals surface area contributed by atoms with Crippen molar-refractivity contribution in [2.45, 2.75) is 0 Å². The van der Waals surface area contributed by atoms with Gasteiger partial charge in [-0.3, -0.25) is 0 Å². The molecule has 21 heavy (non-hydrogen) atoms. The summed E-state index contributed by atoms with van der Waals surface area (Å²) in [4.78, 5) is 10.2. The van der Waals surface area contributed by atoms with Gasteiger partial charge in [0.15, 0.2) is 5.03 Å². The number of hydrogen-bond donors (Lipinski definition) is 2.